The van der Waals surface area contributed by atoms with Crippen molar-refractivity contribution in [3.63, 3.8) is 0 Å². The monoisotopic (exact) mass is 391 g/mol. The van der Waals surface area contributed by atoms with Crippen LogP contribution in [0.15, 0.2) is 18.2 Å². The molecule has 1 fully saturated rings. The minimum Gasteiger partial charge on any atom is -0.344 e. The number of hydrogen-bond donors (Lipinski definition) is 2. The highest BCUT2D eigenvalue weighted by molar-refractivity contribution is 7.57. The summed E-state index contributed by atoms with van der Waals surface area (Å²) in [4.78, 5) is 10.2. The fourth-order valence-electron chi connectivity index (χ4n) is 3.41. The topological polar surface area (TPSA) is 49.3 Å². The standard InChI is InChI=1S/C18H28Cl2NO2P/c1-14(16-8-9-17(19)18(20)12-16)21-10-5-11-24(22,23)13-15-6-3-2-4-7-15/h8-9,12,14-15,21H,2-7,10-11,13H2,1H3,(H,22,23)/t14-/m1/s1. The molecule has 1 aromatic carbocycles. The molecule has 0 saturated heterocycles. The molecule has 136 valence electrons. The highest BCUT2D eigenvalue weighted by atomic mass is 35.5. The average Bonchev–Trinajstić information content (AvgIpc) is 2.54. The Balaban J connectivity index is 1.71. The van der Waals surface area contributed by atoms with Gasteiger partial charge in [0.25, 0.3) is 0 Å². The van der Waals surface area contributed by atoms with Gasteiger partial charge in [0.2, 0.25) is 7.37 Å². The van der Waals surface area contributed by atoms with Gasteiger partial charge in [0.05, 0.1) is 10.0 Å². The second-order valence-corrected chi connectivity index (χ2v) is 10.3. The fourth-order valence-corrected chi connectivity index (χ4v) is 5.72. The van der Waals surface area contributed by atoms with Gasteiger partial charge in [-0.25, -0.2) is 0 Å². The lowest BCUT2D eigenvalue weighted by Crippen LogP contribution is -2.21. The molecular formula is C18H28Cl2NO2P. The van der Waals surface area contributed by atoms with Crippen molar-refractivity contribution >= 4 is 30.6 Å². The van der Waals surface area contributed by atoms with E-state index in [1.807, 2.05) is 12.1 Å². The van der Waals surface area contributed by atoms with Crippen LogP contribution in [0.2, 0.25) is 10.0 Å². The third kappa shape index (κ3) is 6.69. The number of hydrogen-bond acceptors (Lipinski definition) is 2. The van der Waals surface area contributed by atoms with E-state index in [1.54, 1.807) is 6.07 Å². The molecule has 3 nitrogen and oxygen atoms in total. The van der Waals surface area contributed by atoms with Crippen LogP contribution in [0.25, 0.3) is 0 Å². The Morgan fingerprint density at radius 3 is 2.62 bits per heavy atom. The van der Waals surface area contributed by atoms with Crippen LogP contribution in [0.4, 0.5) is 0 Å². The van der Waals surface area contributed by atoms with Gasteiger partial charge in [0.15, 0.2) is 0 Å². The zero-order valence-electron chi connectivity index (χ0n) is 14.3. The van der Waals surface area contributed by atoms with Gasteiger partial charge in [0, 0.05) is 18.4 Å². The minimum atomic E-state index is -2.99. The van der Waals surface area contributed by atoms with Crippen LogP contribution in [-0.4, -0.2) is 23.8 Å². The second-order valence-electron chi connectivity index (χ2n) is 6.96. The van der Waals surface area contributed by atoms with Gasteiger partial charge in [0.1, 0.15) is 0 Å². The van der Waals surface area contributed by atoms with Crippen LogP contribution in [0.5, 0.6) is 0 Å². The van der Waals surface area contributed by atoms with Crippen molar-refractivity contribution in [3.05, 3.63) is 33.8 Å². The second kappa shape index (κ2) is 9.59. The molecule has 0 amide bonds. The molecule has 1 saturated carbocycles. The maximum atomic E-state index is 12.4. The van der Waals surface area contributed by atoms with Crippen molar-refractivity contribution in [1.29, 1.82) is 0 Å². The molecule has 0 bridgehead atoms. The predicted molar refractivity (Wildman–Crippen MR) is 104 cm³/mol. The van der Waals surface area contributed by atoms with Crippen molar-refractivity contribution in [2.75, 3.05) is 18.9 Å². The van der Waals surface area contributed by atoms with E-state index >= 15 is 0 Å². The van der Waals surface area contributed by atoms with Crippen molar-refractivity contribution in [2.24, 2.45) is 5.92 Å². The van der Waals surface area contributed by atoms with Crippen molar-refractivity contribution in [2.45, 2.75) is 51.5 Å². The summed E-state index contributed by atoms with van der Waals surface area (Å²) in [5, 5.41) is 4.49. The van der Waals surface area contributed by atoms with E-state index in [0.717, 1.165) is 24.9 Å². The van der Waals surface area contributed by atoms with Gasteiger partial charge in [-0.2, -0.15) is 0 Å². The first-order valence-corrected chi connectivity index (χ1v) is 11.7. The van der Waals surface area contributed by atoms with Gasteiger partial charge >= 0.3 is 0 Å². The van der Waals surface area contributed by atoms with E-state index in [9.17, 15) is 9.46 Å². The molecule has 1 aliphatic rings. The van der Waals surface area contributed by atoms with E-state index in [1.165, 1.54) is 19.3 Å². The summed E-state index contributed by atoms with van der Waals surface area (Å²) in [6.07, 6.45) is 7.59. The summed E-state index contributed by atoms with van der Waals surface area (Å²) in [7, 11) is -2.99. The maximum Gasteiger partial charge on any atom is 0.200 e. The Kier molecular flexibility index (Phi) is 8.10. The van der Waals surface area contributed by atoms with Crippen LogP contribution >= 0.6 is 30.6 Å². The Morgan fingerprint density at radius 2 is 1.96 bits per heavy atom. The highest BCUT2D eigenvalue weighted by Gasteiger charge is 2.25. The Bertz CT molecular complexity index is 576. The van der Waals surface area contributed by atoms with E-state index in [-0.39, 0.29) is 6.04 Å². The molecule has 0 spiro atoms. The van der Waals surface area contributed by atoms with Crippen molar-refractivity contribution < 1.29 is 9.46 Å². The van der Waals surface area contributed by atoms with Crippen LogP contribution in [0.3, 0.4) is 0 Å². The first-order chi connectivity index (χ1) is 11.4. The lowest BCUT2D eigenvalue weighted by molar-refractivity contribution is 0.371. The molecule has 0 aliphatic heterocycles. The summed E-state index contributed by atoms with van der Waals surface area (Å²) in [5.74, 6) is 0.456. The van der Waals surface area contributed by atoms with Crippen molar-refractivity contribution in [3.8, 4) is 0 Å². The molecule has 6 heteroatoms. The zero-order valence-corrected chi connectivity index (χ0v) is 16.7. The predicted octanol–water partition coefficient (Wildman–Crippen LogP) is 5.88. The lowest BCUT2D eigenvalue weighted by Gasteiger charge is -2.24. The maximum absolute atomic E-state index is 12.4. The summed E-state index contributed by atoms with van der Waals surface area (Å²) in [5.41, 5.74) is 1.07. The van der Waals surface area contributed by atoms with E-state index < -0.39 is 7.37 Å². The average molecular weight is 392 g/mol. The fraction of sp³-hybridized carbons (Fsp3) is 0.667. The molecule has 0 aromatic heterocycles. The zero-order chi connectivity index (χ0) is 17.6. The molecule has 1 unspecified atom stereocenters. The quantitative estimate of drug-likeness (QED) is 0.429. The van der Waals surface area contributed by atoms with Crippen LogP contribution < -0.4 is 5.32 Å². The number of halogens is 2. The molecule has 2 rings (SSSR count). The SMILES string of the molecule is C[C@@H](NCCCP(=O)(O)CC1CCCCC1)c1ccc(Cl)c(Cl)c1. The molecule has 1 aliphatic carbocycles. The molecule has 2 N–H and O–H groups in total. The molecule has 2 atom stereocenters. The van der Waals surface area contributed by atoms with E-state index in [4.69, 9.17) is 23.2 Å². The molecule has 1 aromatic rings. The lowest BCUT2D eigenvalue weighted by atomic mass is 9.91. The van der Waals surface area contributed by atoms with E-state index in [2.05, 4.69) is 12.2 Å². The largest absolute Gasteiger partial charge is 0.344 e. The molecule has 0 radical (unpaired) electrons. The first-order valence-electron chi connectivity index (χ1n) is 8.86. The Labute approximate surface area is 155 Å². The summed E-state index contributed by atoms with van der Waals surface area (Å²) in [6.45, 7) is 2.77. The number of nitrogens with one attached hydrogen (secondary N) is 1. The molecular weight excluding hydrogens is 364 g/mol. The summed E-state index contributed by atoms with van der Waals surface area (Å²) in [6, 6.07) is 5.74. The summed E-state index contributed by atoms with van der Waals surface area (Å²) >= 11 is 12.0. The van der Waals surface area contributed by atoms with Crippen molar-refractivity contribution in [1.82, 2.24) is 5.32 Å². The van der Waals surface area contributed by atoms with Gasteiger partial charge in [-0.05, 0) is 56.3 Å². The molecule has 0 heterocycles. The van der Waals surface area contributed by atoms with Crippen LogP contribution in [-0.2, 0) is 4.57 Å². The Hall–Kier alpha value is -0.0500. The summed E-state index contributed by atoms with van der Waals surface area (Å²) < 4.78 is 12.4. The molecule has 24 heavy (non-hydrogen) atoms. The van der Waals surface area contributed by atoms with Gasteiger partial charge in [-0.3, -0.25) is 4.57 Å². The number of benzene rings is 1. The van der Waals surface area contributed by atoms with Gasteiger partial charge in [-0.15, -0.1) is 0 Å². The van der Waals surface area contributed by atoms with E-state index in [0.29, 0.717) is 34.7 Å². The number of rotatable bonds is 8. The highest BCUT2D eigenvalue weighted by Crippen LogP contribution is 2.45. The third-order valence-electron chi connectivity index (χ3n) is 4.85. The minimum absolute atomic E-state index is 0.135. The normalized spacial score (nSPS) is 19.8. The van der Waals surface area contributed by atoms with Crippen LogP contribution in [0, 0.1) is 5.92 Å². The van der Waals surface area contributed by atoms with Gasteiger partial charge in [-0.1, -0.05) is 48.5 Å². The Morgan fingerprint density at radius 1 is 1.25 bits per heavy atom. The smallest absolute Gasteiger partial charge is 0.200 e. The third-order valence-corrected chi connectivity index (χ3v) is 7.69. The van der Waals surface area contributed by atoms with Gasteiger partial charge < -0.3 is 10.2 Å². The van der Waals surface area contributed by atoms with Crippen LogP contribution in [0.1, 0.15) is 57.1 Å². The first kappa shape index (κ1) is 20.3.